The molecule has 0 atom stereocenters. The van der Waals surface area contributed by atoms with Gasteiger partial charge < -0.3 is 4.74 Å². The van der Waals surface area contributed by atoms with Crippen molar-refractivity contribution in [3.63, 3.8) is 0 Å². The maximum Gasteiger partial charge on any atom is 0.260 e. The lowest BCUT2D eigenvalue weighted by molar-refractivity contribution is 0.0391. The van der Waals surface area contributed by atoms with Crippen LogP contribution in [0.1, 0.15) is 21.5 Å². The number of ether oxygens (including phenoxy) is 1. The third-order valence-electron chi connectivity index (χ3n) is 5.09. The Bertz CT molecular complexity index is 979. The zero-order valence-corrected chi connectivity index (χ0v) is 17.2. The molecule has 0 bridgehead atoms. The minimum absolute atomic E-state index is 0.00803. The molecule has 4 rings (SSSR count). The predicted octanol–water partition coefficient (Wildman–Crippen LogP) is 3.89. The van der Waals surface area contributed by atoms with Gasteiger partial charge in [-0.15, -0.1) is 0 Å². The minimum atomic E-state index is 0.00803. The van der Waals surface area contributed by atoms with E-state index in [1.54, 1.807) is 11.3 Å². The molecule has 1 saturated heterocycles. The van der Waals surface area contributed by atoms with Gasteiger partial charge in [-0.05, 0) is 37.6 Å². The van der Waals surface area contributed by atoms with Crippen LogP contribution in [0.2, 0.25) is 0 Å². The van der Waals surface area contributed by atoms with Crippen molar-refractivity contribution in [1.82, 2.24) is 9.88 Å². The topological polar surface area (TPSA) is 45.7 Å². The van der Waals surface area contributed by atoms with Gasteiger partial charge in [0.1, 0.15) is 0 Å². The van der Waals surface area contributed by atoms with Crippen molar-refractivity contribution >= 4 is 32.6 Å². The maximum absolute atomic E-state index is 13.4. The Morgan fingerprint density at radius 1 is 1.18 bits per heavy atom. The van der Waals surface area contributed by atoms with Crippen LogP contribution in [0.25, 0.3) is 10.2 Å². The molecule has 6 heteroatoms. The number of para-hydroxylation sites is 1. The summed E-state index contributed by atoms with van der Waals surface area (Å²) in [5.74, 6) is 0.00803. The molecule has 0 spiro atoms. The van der Waals surface area contributed by atoms with E-state index in [1.807, 2.05) is 42.2 Å². The Labute approximate surface area is 169 Å². The highest BCUT2D eigenvalue weighted by Gasteiger charge is 2.23. The van der Waals surface area contributed by atoms with Gasteiger partial charge in [0.15, 0.2) is 5.13 Å². The average Bonchev–Trinajstić information content (AvgIpc) is 3.14. The van der Waals surface area contributed by atoms with Crippen LogP contribution in [-0.2, 0) is 4.74 Å². The van der Waals surface area contributed by atoms with Crippen LogP contribution in [-0.4, -0.2) is 55.2 Å². The van der Waals surface area contributed by atoms with Crippen molar-refractivity contribution in [1.29, 1.82) is 0 Å². The van der Waals surface area contributed by atoms with Gasteiger partial charge >= 0.3 is 0 Å². The third-order valence-corrected chi connectivity index (χ3v) is 6.14. The van der Waals surface area contributed by atoms with E-state index in [2.05, 4.69) is 24.0 Å². The van der Waals surface area contributed by atoms with Crippen molar-refractivity contribution in [2.24, 2.45) is 0 Å². The van der Waals surface area contributed by atoms with E-state index >= 15 is 0 Å². The number of fused-ring (bicyclic) bond motifs is 1. The molecule has 146 valence electrons. The lowest BCUT2D eigenvalue weighted by Crippen LogP contribution is -2.43. The summed E-state index contributed by atoms with van der Waals surface area (Å²) in [7, 11) is 0. The lowest BCUT2D eigenvalue weighted by atomic mass is 10.1. The Kier molecular flexibility index (Phi) is 5.71. The number of benzene rings is 2. The average molecular weight is 396 g/mol. The van der Waals surface area contributed by atoms with Gasteiger partial charge in [0.25, 0.3) is 5.91 Å². The summed E-state index contributed by atoms with van der Waals surface area (Å²) >= 11 is 1.58. The largest absolute Gasteiger partial charge is 0.379 e. The summed E-state index contributed by atoms with van der Waals surface area (Å²) in [5.41, 5.74) is 3.91. The van der Waals surface area contributed by atoms with Crippen molar-refractivity contribution in [3.8, 4) is 0 Å². The van der Waals surface area contributed by atoms with E-state index in [0.717, 1.165) is 59.3 Å². The molecule has 1 aliphatic heterocycles. The Morgan fingerprint density at radius 2 is 1.96 bits per heavy atom. The molecule has 0 radical (unpaired) electrons. The summed E-state index contributed by atoms with van der Waals surface area (Å²) in [6.07, 6.45) is 0. The molecule has 1 aliphatic rings. The van der Waals surface area contributed by atoms with Crippen LogP contribution in [0, 0.1) is 13.8 Å². The number of anilines is 1. The van der Waals surface area contributed by atoms with E-state index in [1.165, 1.54) is 0 Å². The fraction of sp³-hybridized carbons (Fsp3) is 0.364. The van der Waals surface area contributed by atoms with Crippen molar-refractivity contribution in [2.45, 2.75) is 13.8 Å². The molecule has 0 N–H and O–H groups in total. The monoisotopic (exact) mass is 395 g/mol. The number of morpholine rings is 1. The summed E-state index contributed by atoms with van der Waals surface area (Å²) in [4.78, 5) is 22.4. The molecule has 1 fully saturated rings. The van der Waals surface area contributed by atoms with Crippen molar-refractivity contribution < 1.29 is 9.53 Å². The van der Waals surface area contributed by atoms with Gasteiger partial charge in [0.05, 0.1) is 23.4 Å². The number of aromatic nitrogens is 1. The highest BCUT2D eigenvalue weighted by molar-refractivity contribution is 7.22. The Balaban J connectivity index is 1.65. The van der Waals surface area contributed by atoms with E-state index in [-0.39, 0.29) is 5.91 Å². The summed E-state index contributed by atoms with van der Waals surface area (Å²) in [5, 5.41) is 0.768. The number of thiazole rings is 1. The smallest absolute Gasteiger partial charge is 0.260 e. The molecule has 2 heterocycles. The standard InChI is InChI=1S/C22H25N3O2S/c1-16-5-3-7-18(15-16)21(26)25(10-9-24-11-13-27-14-12-24)22-23-20-17(2)6-4-8-19(20)28-22/h3-8,15H,9-14H2,1-2H3. The van der Waals surface area contributed by atoms with E-state index in [9.17, 15) is 4.79 Å². The molecule has 1 amide bonds. The van der Waals surface area contributed by atoms with Gasteiger partial charge in [-0.3, -0.25) is 14.6 Å². The van der Waals surface area contributed by atoms with Gasteiger partial charge in [-0.25, -0.2) is 4.98 Å². The van der Waals surface area contributed by atoms with Crippen LogP contribution in [0.15, 0.2) is 42.5 Å². The van der Waals surface area contributed by atoms with Crippen LogP contribution >= 0.6 is 11.3 Å². The number of carbonyl (C=O) groups excluding carboxylic acids is 1. The first-order valence-electron chi connectivity index (χ1n) is 9.66. The van der Waals surface area contributed by atoms with Gasteiger partial charge in [-0.2, -0.15) is 0 Å². The van der Waals surface area contributed by atoms with Gasteiger partial charge in [0.2, 0.25) is 0 Å². The number of hydrogen-bond donors (Lipinski definition) is 0. The first-order chi connectivity index (χ1) is 13.6. The number of aryl methyl sites for hydroxylation is 2. The van der Waals surface area contributed by atoms with Crippen molar-refractivity contribution in [2.75, 3.05) is 44.3 Å². The first-order valence-corrected chi connectivity index (χ1v) is 10.5. The summed E-state index contributed by atoms with van der Waals surface area (Å²) in [6.45, 7) is 8.83. The third kappa shape index (κ3) is 4.09. The second-order valence-electron chi connectivity index (χ2n) is 7.20. The van der Waals surface area contributed by atoms with Gasteiger partial charge in [-0.1, -0.05) is 41.2 Å². The van der Waals surface area contributed by atoms with Gasteiger partial charge in [0, 0.05) is 31.7 Å². The summed E-state index contributed by atoms with van der Waals surface area (Å²) in [6, 6.07) is 14.0. The molecule has 2 aromatic carbocycles. The fourth-order valence-electron chi connectivity index (χ4n) is 3.47. The molecule has 0 saturated carbocycles. The van der Waals surface area contributed by atoms with E-state index in [4.69, 9.17) is 9.72 Å². The fourth-order valence-corrected chi connectivity index (χ4v) is 4.54. The van der Waals surface area contributed by atoms with Crippen molar-refractivity contribution in [3.05, 3.63) is 59.2 Å². The number of rotatable bonds is 5. The SMILES string of the molecule is Cc1cccc(C(=O)N(CCN2CCOCC2)c2nc3c(C)cccc3s2)c1. The normalized spacial score (nSPS) is 15.1. The molecule has 0 aliphatic carbocycles. The van der Waals surface area contributed by atoms with Crippen LogP contribution in [0.4, 0.5) is 5.13 Å². The van der Waals surface area contributed by atoms with E-state index < -0.39 is 0 Å². The molecule has 1 aromatic heterocycles. The molecule has 5 nitrogen and oxygen atoms in total. The molecule has 28 heavy (non-hydrogen) atoms. The van der Waals surface area contributed by atoms with Crippen LogP contribution in [0.3, 0.4) is 0 Å². The predicted molar refractivity (Wildman–Crippen MR) is 114 cm³/mol. The number of nitrogens with zero attached hydrogens (tertiary/aromatic N) is 3. The molecule has 3 aromatic rings. The quantitative estimate of drug-likeness (QED) is 0.657. The highest BCUT2D eigenvalue weighted by Crippen LogP contribution is 2.31. The highest BCUT2D eigenvalue weighted by atomic mass is 32.1. The minimum Gasteiger partial charge on any atom is -0.379 e. The second kappa shape index (κ2) is 8.39. The Hall–Kier alpha value is -2.28. The molecule has 0 unspecified atom stereocenters. The molecular weight excluding hydrogens is 370 g/mol. The maximum atomic E-state index is 13.4. The Morgan fingerprint density at radius 3 is 2.71 bits per heavy atom. The zero-order chi connectivity index (χ0) is 19.5. The van der Waals surface area contributed by atoms with Crippen LogP contribution < -0.4 is 4.90 Å². The zero-order valence-electron chi connectivity index (χ0n) is 16.4. The van der Waals surface area contributed by atoms with E-state index in [0.29, 0.717) is 12.1 Å². The number of carbonyl (C=O) groups is 1. The number of amides is 1. The second-order valence-corrected chi connectivity index (χ2v) is 8.21. The molecular formula is C22H25N3O2S. The number of hydrogen-bond acceptors (Lipinski definition) is 5. The lowest BCUT2D eigenvalue weighted by Gasteiger charge is -2.29. The first kappa shape index (κ1) is 19.1. The summed E-state index contributed by atoms with van der Waals surface area (Å²) < 4.78 is 6.56. The van der Waals surface area contributed by atoms with Crippen LogP contribution in [0.5, 0.6) is 0 Å².